The fourth-order valence-electron chi connectivity index (χ4n) is 4.36. The van der Waals surface area contributed by atoms with Crippen molar-refractivity contribution in [1.82, 2.24) is 15.9 Å². The zero-order valence-corrected chi connectivity index (χ0v) is 18.6. The van der Waals surface area contributed by atoms with Crippen molar-refractivity contribution in [2.24, 2.45) is 0 Å². The molecule has 2 aliphatic heterocycles. The molecule has 1 saturated carbocycles. The number of fused-ring (bicyclic) bond motifs is 1. The van der Waals surface area contributed by atoms with E-state index in [0.717, 1.165) is 0 Å². The van der Waals surface area contributed by atoms with Gasteiger partial charge in [-0.1, -0.05) is 6.07 Å². The molecule has 1 amide bonds. The number of hydrogen-bond acceptors (Lipinski definition) is 8. The van der Waals surface area contributed by atoms with E-state index in [4.69, 9.17) is 14.4 Å². The maximum absolute atomic E-state index is 13.0. The summed E-state index contributed by atoms with van der Waals surface area (Å²) in [5.41, 5.74) is 4.37. The number of nitrogens with one attached hydrogen (secondary N) is 2. The van der Waals surface area contributed by atoms with Crippen LogP contribution in [0.1, 0.15) is 37.7 Å². The third-order valence-electron chi connectivity index (χ3n) is 5.85. The first-order valence-electron chi connectivity index (χ1n) is 10.8. The van der Waals surface area contributed by atoms with Gasteiger partial charge in [0.15, 0.2) is 11.5 Å². The SMILES string of the molecule is COc1ccc(C2CC(OC(C)=O)CCC2NC(=O)C2=CC3=CNON3C=C2)cc1OC(F)F. The van der Waals surface area contributed by atoms with Crippen molar-refractivity contribution in [1.29, 1.82) is 0 Å². The van der Waals surface area contributed by atoms with Crippen molar-refractivity contribution in [2.45, 2.75) is 50.9 Å². The number of amides is 1. The summed E-state index contributed by atoms with van der Waals surface area (Å²) in [7, 11) is 1.36. The number of hydroxylamine groups is 3. The largest absolute Gasteiger partial charge is 0.493 e. The van der Waals surface area contributed by atoms with Gasteiger partial charge in [-0.3, -0.25) is 9.59 Å². The highest BCUT2D eigenvalue weighted by molar-refractivity contribution is 5.97. The second kappa shape index (κ2) is 10.1. The maximum atomic E-state index is 13.0. The van der Waals surface area contributed by atoms with Crippen LogP contribution in [0.2, 0.25) is 0 Å². The molecular weight excluding hydrogens is 452 g/mol. The van der Waals surface area contributed by atoms with E-state index >= 15 is 0 Å². The summed E-state index contributed by atoms with van der Waals surface area (Å²) >= 11 is 0. The Hall–Kier alpha value is -3.60. The molecule has 3 unspecified atom stereocenters. The number of nitrogens with zero attached hydrogens (tertiary/aromatic N) is 1. The zero-order valence-electron chi connectivity index (χ0n) is 18.6. The summed E-state index contributed by atoms with van der Waals surface area (Å²) in [6.07, 6.45) is 7.69. The molecule has 3 atom stereocenters. The van der Waals surface area contributed by atoms with Crippen LogP contribution >= 0.6 is 0 Å². The molecule has 2 N–H and O–H groups in total. The van der Waals surface area contributed by atoms with Gasteiger partial charge in [-0.25, -0.2) is 10.5 Å². The van der Waals surface area contributed by atoms with Gasteiger partial charge in [0.05, 0.1) is 19.0 Å². The maximum Gasteiger partial charge on any atom is 0.387 e. The first kappa shape index (κ1) is 23.6. The number of methoxy groups -OCH3 is 1. The molecule has 4 rings (SSSR count). The van der Waals surface area contributed by atoms with E-state index in [1.54, 1.807) is 36.7 Å². The van der Waals surface area contributed by atoms with E-state index < -0.39 is 12.6 Å². The number of rotatable bonds is 7. The smallest absolute Gasteiger partial charge is 0.387 e. The lowest BCUT2D eigenvalue weighted by atomic mass is 9.78. The topological polar surface area (TPSA) is 98.4 Å². The van der Waals surface area contributed by atoms with Crippen molar-refractivity contribution in [2.75, 3.05) is 7.11 Å². The third-order valence-corrected chi connectivity index (χ3v) is 5.85. The van der Waals surface area contributed by atoms with E-state index in [-0.39, 0.29) is 35.5 Å². The minimum atomic E-state index is -3.02. The number of hydrogen-bond donors (Lipinski definition) is 2. The average molecular weight is 477 g/mol. The van der Waals surface area contributed by atoms with Crippen LogP contribution in [-0.4, -0.2) is 42.8 Å². The Labute approximate surface area is 194 Å². The number of halogens is 2. The molecule has 1 aromatic carbocycles. The Bertz CT molecular complexity index is 1040. The van der Waals surface area contributed by atoms with Crippen molar-refractivity contribution in [3.63, 3.8) is 0 Å². The molecule has 1 aliphatic carbocycles. The monoisotopic (exact) mass is 477 g/mol. The van der Waals surface area contributed by atoms with E-state index in [9.17, 15) is 18.4 Å². The molecule has 0 aromatic heterocycles. The van der Waals surface area contributed by atoms with Crippen LogP contribution in [0.3, 0.4) is 0 Å². The first-order chi connectivity index (χ1) is 16.3. The van der Waals surface area contributed by atoms with Gasteiger partial charge in [-0.15, -0.1) is 0 Å². The van der Waals surface area contributed by atoms with Gasteiger partial charge in [0.25, 0.3) is 5.91 Å². The predicted octanol–water partition coefficient (Wildman–Crippen LogP) is 3.03. The highest BCUT2D eigenvalue weighted by atomic mass is 19.3. The van der Waals surface area contributed by atoms with E-state index in [0.29, 0.717) is 36.1 Å². The minimum absolute atomic E-state index is 0.103. The van der Waals surface area contributed by atoms with E-state index in [2.05, 4.69) is 15.5 Å². The van der Waals surface area contributed by atoms with Gasteiger partial charge in [-0.2, -0.15) is 13.7 Å². The molecule has 3 aliphatic rings. The van der Waals surface area contributed by atoms with Gasteiger partial charge in [0.1, 0.15) is 6.10 Å². The van der Waals surface area contributed by atoms with Crippen LogP contribution in [0.4, 0.5) is 8.78 Å². The lowest BCUT2D eigenvalue weighted by Crippen LogP contribution is -2.45. The van der Waals surface area contributed by atoms with Crippen molar-refractivity contribution < 1.29 is 37.5 Å². The van der Waals surface area contributed by atoms with Gasteiger partial charge in [0.2, 0.25) is 0 Å². The Balaban J connectivity index is 1.57. The number of benzene rings is 1. The third kappa shape index (κ3) is 5.30. The molecule has 1 fully saturated rings. The summed E-state index contributed by atoms with van der Waals surface area (Å²) < 4.78 is 41.1. The Morgan fingerprint density at radius 2 is 2.09 bits per heavy atom. The molecule has 11 heteroatoms. The molecule has 34 heavy (non-hydrogen) atoms. The number of carbonyl (C=O) groups is 2. The highest BCUT2D eigenvalue weighted by Gasteiger charge is 2.35. The first-order valence-corrected chi connectivity index (χ1v) is 10.8. The summed E-state index contributed by atoms with van der Waals surface area (Å²) in [6.45, 7) is -1.68. The summed E-state index contributed by atoms with van der Waals surface area (Å²) in [4.78, 5) is 29.7. The molecule has 2 heterocycles. The second-order valence-electron chi connectivity index (χ2n) is 8.04. The molecule has 0 spiro atoms. The second-order valence-corrected chi connectivity index (χ2v) is 8.04. The highest BCUT2D eigenvalue weighted by Crippen LogP contribution is 2.39. The molecule has 0 bridgehead atoms. The van der Waals surface area contributed by atoms with E-state index in [1.807, 2.05) is 0 Å². The van der Waals surface area contributed by atoms with E-state index in [1.165, 1.54) is 25.2 Å². The van der Waals surface area contributed by atoms with Crippen LogP contribution < -0.4 is 20.3 Å². The quantitative estimate of drug-likeness (QED) is 0.579. The standard InChI is InChI=1S/C23H25F2N3O6/c1-13(29)32-17-4-5-19(27-22(30)15-7-8-28-16(9-15)12-26-34-28)18(11-17)14-3-6-20(31-2)21(10-14)33-23(24)25/h3,6-10,12,17-19,23,26H,4-5,11H2,1-2H3,(H,27,30). The number of allylic oxidation sites excluding steroid dienone is 1. The summed E-state index contributed by atoms with van der Waals surface area (Å²) in [5.74, 6) is -0.936. The van der Waals surface area contributed by atoms with Crippen molar-refractivity contribution in [3.05, 3.63) is 59.6 Å². The molecule has 182 valence electrons. The Kier molecular flexibility index (Phi) is 7.01. The summed E-state index contributed by atoms with van der Waals surface area (Å²) in [6, 6.07) is 4.43. The summed E-state index contributed by atoms with van der Waals surface area (Å²) in [5, 5.41) is 4.53. The van der Waals surface area contributed by atoms with Crippen molar-refractivity contribution >= 4 is 11.9 Å². The van der Waals surface area contributed by atoms with Crippen LogP contribution in [0.5, 0.6) is 11.5 Å². The fourth-order valence-corrected chi connectivity index (χ4v) is 4.36. The number of esters is 1. The van der Waals surface area contributed by atoms with Gasteiger partial charge in [-0.05, 0) is 49.1 Å². The number of alkyl halides is 2. The van der Waals surface area contributed by atoms with Crippen molar-refractivity contribution in [3.8, 4) is 11.5 Å². The molecular formula is C23H25F2N3O6. The lowest BCUT2D eigenvalue weighted by Gasteiger charge is -2.37. The minimum Gasteiger partial charge on any atom is -0.493 e. The average Bonchev–Trinajstić information content (AvgIpc) is 3.27. The fraction of sp³-hybridized carbons (Fsp3) is 0.391. The van der Waals surface area contributed by atoms with Gasteiger partial charge < -0.3 is 19.5 Å². The Morgan fingerprint density at radius 3 is 2.82 bits per heavy atom. The van der Waals surface area contributed by atoms with Gasteiger partial charge in [0, 0.05) is 30.7 Å². The zero-order chi connectivity index (χ0) is 24.2. The van der Waals surface area contributed by atoms with Crippen LogP contribution in [0.15, 0.2) is 54.0 Å². The lowest BCUT2D eigenvalue weighted by molar-refractivity contribution is -0.148. The Morgan fingerprint density at radius 1 is 1.26 bits per heavy atom. The molecule has 0 saturated heterocycles. The van der Waals surface area contributed by atoms with Crippen LogP contribution in [-0.2, 0) is 19.3 Å². The molecule has 9 nitrogen and oxygen atoms in total. The molecule has 1 aromatic rings. The normalized spacial score (nSPS) is 23.4. The predicted molar refractivity (Wildman–Crippen MR) is 115 cm³/mol. The van der Waals surface area contributed by atoms with Gasteiger partial charge >= 0.3 is 12.6 Å². The van der Waals surface area contributed by atoms with Crippen LogP contribution in [0, 0.1) is 0 Å². The van der Waals surface area contributed by atoms with Crippen LogP contribution in [0.25, 0.3) is 0 Å². The number of carbonyl (C=O) groups excluding carboxylic acids is 2. The molecule has 0 radical (unpaired) electrons. The number of ether oxygens (including phenoxy) is 3.